The van der Waals surface area contributed by atoms with Crippen molar-refractivity contribution in [3.05, 3.63) is 42.6 Å². The minimum atomic E-state index is -0.511. The second-order valence-electron chi connectivity index (χ2n) is 4.04. The number of carbonyl (C=O) groups is 2. The van der Waals surface area contributed by atoms with Crippen molar-refractivity contribution in [3.63, 3.8) is 0 Å². The van der Waals surface area contributed by atoms with Gasteiger partial charge in [0.1, 0.15) is 5.69 Å². The van der Waals surface area contributed by atoms with E-state index in [2.05, 4.69) is 4.98 Å². The van der Waals surface area contributed by atoms with Gasteiger partial charge in [0.15, 0.2) is 11.5 Å². The molecule has 0 fully saturated rings. The molecule has 0 aliphatic rings. The number of hydrogen-bond donors (Lipinski definition) is 0. The number of rotatable bonds is 3. The van der Waals surface area contributed by atoms with Crippen LogP contribution in [0, 0.1) is 0 Å². The Hall–Kier alpha value is -2.69. The Balaban J connectivity index is 2.55. The minimum Gasteiger partial charge on any atom is -0.423 e. The highest BCUT2D eigenvalue weighted by Gasteiger charge is 2.17. The van der Waals surface area contributed by atoms with Crippen LogP contribution >= 0.6 is 0 Å². The number of benzene rings is 1. The van der Waals surface area contributed by atoms with E-state index < -0.39 is 11.9 Å². The molecule has 2 rings (SSSR count). The molecule has 5 heteroatoms. The molecule has 1 heterocycles. The van der Waals surface area contributed by atoms with Crippen LogP contribution in [0.4, 0.5) is 0 Å². The van der Waals surface area contributed by atoms with E-state index in [-0.39, 0.29) is 11.5 Å². The Kier molecular flexibility index (Phi) is 4.10. The molecule has 0 bridgehead atoms. The first kappa shape index (κ1) is 13.7. The van der Waals surface area contributed by atoms with Crippen LogP contribution in [0.1, 0.15) is 13.8 Å². The first-order valence-corrected chi connectivity index (χ1v) is 5.99. The molecule has 0 atom stereocenters. The van der Waals surface area contributed by atoms with Crippen LogP contribution in [-0.2, 0) is 9.59 Å². The largest absolute Gasteiger partial charge is 0.423 e. The first-order chi connectivity index (χ1) is 9.58. The molecule has 0 radical (unpaired) electrons. The SMILES string of the molecule is CC(=O)Oc1ccnc(-c2ccccc2)c1OC(C)=O. The molecule has 0 aliphatic carbocycles. The smallest absolute Gasteiger partial charge is 0.308 e. The van der Waals surface area contributed by atoms with Gasteiger partial charge in [-0.15, -0.1) is 0 Å². The number of ether oxygens (including phenoxy) is 2. The summed E-state index contributed by atoms with van der Waals surface area (Å²) in [6.07, 6.45) is 1.49. The molecule has 0 unspecified atom stereocenters. The van der Waals surface area contributed by atoms with E-state index in [1.165, 1.54) is 26.1 Å². The Labute approximate surface area is 116 Å². The number of carbonyl (C=O) groups excluding carboxylic acids is 2. The summed E-state index contributed by atoms with van der Waals surface area (Å²) in [5, 5.41) is 0. The second kappa shape index (κ2) is 5.97. The zero-order valence-corrected chi connectivity index (χ0v) is 11.1. The molecule has 2 aromatic rings. The highest BCUT2D eigenvalue weighted by molar-refractivity contribution is 5.79. The lowest BCUT2D eigenvalue weighted by atomic mass is 10.1. The molecule has 5 nitrogen and oxygen atoms in total. The number of aromatic nitrogens is 1. The third-order valence-electron chi connectivity index (χ3n) is 2.42. The molecule has 0 aliphatic heterocycles. The van der Waals surface area contributed by atoms with Gasteiger partial charge in [0.2, 0.25) is 0 Å². The maximum atomic E-state index is 11.2. The highest BCUT2D eigenvalue weighted by atomic mass is 16.6. The summed E-state index contributed by atoms with van der Waals surface area (Å²) in [6, 6.07) is 10.7. The van der Waals surface area contributed by atoms with Gasteiger partial charge in [0, 0.05) is 31.7 Å². The summed E-state index contributed by atoms with van der Waals surface area (Å²) in [4.78, 5) is 26.6. The van der Waals surface area contributed by atoms with Crippen molar-refractivity contribution in [2.75, 3.05) is 0 Å². The predicted molar refractivity (Wildman–Crippen MR) is 72.3 cm³/mol. The predicted octanol–water partition coefficient (Wildman–Crippen LogP) is 2.60. The summed E-state index contributed by atoms with van der Waals surface area (Å²) < 4.78 is 10.2. The van der Waals surface area contributed by atoms with Crippen molar-refractivity contribution in [3.8, 4) is 22.8 Å². The lowest BCUT2D eigenvalue weighted by molar-refractivity contribution is -0.134. The van der Waals surface area contributed by atoms with Crippen molar-refractivity contribution in [1.29, 1.82) is 0 Å². The van der Waals surface area contributed by atoms with Crippen molar-refractivity contribution in [1.82, 2.24) is 4.98 Å². The van der Waals surface area contributed by atoms with E-state index in [1.54, 1.807) is 0 Å². The lowest BCUT2D eigenvalue weighted by Crippen LogP contribution is -2.08. The van der Waals surface area contributed by atoms with Crippen molar-refractivity contribution >= 4 is 11.9 Å². The van der Waals surface area contributed by atoms with Crippen LogP contribution in [0.5, 0.6) is 11.5 Å². The van der Waals surface area contributed by atoms with E-state index in [0.29, 0.717) is 5.69 Å². The third-order valence-corrected chi connectivity index (χ3v) is 2.42. The van der Waals surface area contributed by atoms with Crippen LogP contribution in [0.3, 0.4) is 0 Å². The lowest BCUT2D eigenvalue weighted by Gasteiger charge is -2.12. The second-order valence-corrected chi connectivity index (χ2v) is 4.04. The Morgan fingerprint density at radius 2 is 1.60 bits per heavy atom. The normalized spacial score (nSPS) is 9.90. The number of hydrogen-bond acceptors (Lipinski definition) is 5. The fourth-order valence-corrected chi connectivity index (χ4v) is 1.71. The maximum Gasteiger partial charge on any atom is 0.308 e. The Morgan fingerprint density at radius 3 is 2.20 bits per heavy atom. The van der Waals surface area contributed by atoms with Gasteiger partial charge < -0.3 is 9.47 Å². The van der Waals surface area contributed by atoms with Crippen molar-refractivity contribution in [2.45, 2.75) is 13.8 Å². The van der Waals surface area contributed by atoms with Gasteiger partial charge in [-0.25, -0.2) is 0 Å². The molecular weight excluding hydrogens is 258 g/mol. The highest BCUT2D eigenvalue weighted by Crippen LogP contribution is 2.36. The number of esters is 2. The topological polar surface area (TPSA) is 65.5 Å². The average molecular weight is 271 g/mol. The minimum absolute atomic E-state index is 0.140. The molecular formula is C15H13NO4. The molecule has 1 aromatic heterocycles. The average Bonchev–Trinajstić information content (AvgIpc) is 2.40. The zero-order chi connectivity index (χ0) is 14.5. The van der Waals surface area contributed by atoms with Gasteiger partial charge in [-0.05, 0) is 0 Å². The standard InChI is InChI=1S/C15H13NO4/c1-10(17)19-13-8-9-16-14(15(13)20-11(2)18)12-6-4-3-5-7-12/h3-9H,1-2H3. The fraction of sp³-hybridized carbons (Fsp3) is 0.133. The van der Waals surface area contributed by atoms with Crippen LogP contribution < -0.4 is 9.47 Å². The van der Waals surface area contributed by atoms with Gasteiger partial charge in [0.25, 0.3) is 0 Å². The maximum absolute atomic E-state index is 11.2. The van der Waals surface area contributed by atoms with Crippen LogP contribution in [-0.4, -0.2) is 16.9 Å². The Bertz CT molecular complexity index is 638. The summed E-state index contributed by atoms with van der Waals surface area (Å²) in [5.41, 5.74) is 1.21. The summed E-state index contributed by atoms with van der Waals surface area (Å²) >= 11 is 0. The Morgan fingerprint density at radius 1 is 0.950 bits per heavy atom. The van der Waals surface area contributed by atoms with Crippen LogP contribution in [0.15, 0.2) is 42.6 Å². The third kappa shape index (κ3) is 3.20. The number of pyridine rings is 1. The molecule has 1 aromatic carbocycles. The van der Waals surface area contributed by atoms with Gasteiger partial charge in [-0.2, -0.15) is 0 Å². The van der Waals surface area contributed by atoms with Gasteiger partial charge in [0.05, 0.1) is 0 Å². The van der Waals surface area contributed by atoms with Crippen molar-refractivity contribution in [2.24, 2.45) is 0 Å². The molecule has 0 saturated heterocycles. The van der Waals surface area contributed by atoms with Gasteiger partial charge >= 0.3 is 11.9 Å². The first-order valence-electron chi connectivity index (χ1n) is 5.99. The molecule has 20 heavy (non-hydrogen) atoms. The molecule has 102 valence electrons. The van der Waals surface area contributed by atoms with E-state index >= 15 is 0 Å². The number of nitrogens with zero attached hydrogens (tertiary/aromatic N) is 1. The molecule has 0 amide bonds. The summed E-state index contributed by atoms with van der Waals surface area (Å²) in [6.45, 7) is 2.56. The monoisotopic (exact) mass is 271 g/mol. The summed E-state index contributed by atoms with van der Waals surface area (Å²) in [5.74, 6) is -0.699. The molecule has 0 saturated carbocycles. The van der Waals surface area contributed by atoms with Crippen molar-refractivity contribution < 1.29 is 19.1 Å². The van der Waals surface area contributed by atoms with Gasteiger partial charge in [-0.3, -0.25) is 14.6 Å². The van der Waals surface area contributed by atoms with Crippen LogP contribution in [0.2, 0.25) is 0 Å². The van der Waals surface area contributed by atoms with Gasteiger partial charge in [-0.1, -0.05) is 30.3 Å². The fourth-order valence-electron chi connectivity index (χ4n) is 1.71. The zero-order valence-electron chi connectivity index (χ0n) is 11.1. The quantitative estimate of drug-likeness (QED) is 0.803. The van der Waals surface area contributed by atoms with E-state index in [0.717, 1.165) is 5.56 Å². The van der Waals surface area contributed by atoms with Crippen LogP contribution in [0.25, 0.3) is 11.3 Å². The molecule has 0 N–H and O–H groups in total. The van der Waals surface area contributed by atoms with E-state index in [9.17, 15) is 9.59 Å². The molecule has 0 spiro atoms. The summed E-state index contributed by atoms with van der Waals surface area (Å²) in [7, 11) is 0. The van der Waals surface area contributed by atoms with E-state index in [4.69, 9.17) is 9.47 Å². The van der Waals surface area contributed by atoms with E-state index in [1.807, 2.05) is 30.3 Å².